The van der Waals surface area contributed by atoms with Gasteiger partial charge in [0, 0.05) is 61.4 Å². The van der Waals surface area contributed by atoms with Crippen LogP contribution in [0.2, 0.25) is 0 Å². The Morgan fingerprint density at radius 2 is 1.28 bits per heavy atom. The highest BCUT2D eigenvalue weighted by Crippen LogP contribution is 2.39. The van der Waals surface area contributed by atoms with Crippen molar-refractivity contribution in [3.63, 3.8) is 0 Å². The predicted octanol–water partition coefficient (Wildman–Crippen LogP) is 3.90. The lowest BCUT2D eigenvalue weighted by molar-refractivity contribution is -0.308. The number of carbonyl (C=O) groups excluding carboxylic acids is 4. The molecular formula is C62H90N2O19. The lowest BCUT2D eigenvalue weighted by Gasteiger charge is -2.45. The quantitative estimate of drug-likeness (QED) is 0.0648. The molecule has 12 N–H and O–H groups in total. The second-order valence-electron chi connectivity index (χ2n) is 22.4. The molecule has 3 aliphatic heterocycles. The Balaban J connectivity index is 1.58. The molecule has 2 fully saturated rings. The second kappa shape index (κ2) is 35.2. The highest BCUT2D eigenvalue weighted by Gasteiger charge is 2.51. The van der Waals surface area contributed by atoms with Crippen LogP contribution in [0.5, 0.6) is 0 Å². The van der Waals surface area contributed by atoms with Gasteiger partial charge in [0.2, 0.25) is 0 Å². The van der Waals surface area contributed by atoms with Gasteiger partial charge in [-0.3, -0.25) is 24.2 Å². The Labute approximate surface area is 486 Å². The van der Waals surface area contributed by atoms with Crippen molar-refractivity contribution in [1.82, 2.24) is 0 Å². The zero-order valence-electron chi connectivity index (χ0n) is 48.4. The molecule has 3 aliphatic rings. The number of benzene rings is 1. The van der Waals surface area contributed by atoms with Crippen LogP contribution in [0, 0.1) is 17.8 Å². The molecule has 0 spiro atoms. The maximum atomic E-state index is 13.3. The molecule has 0 aliphatic carbocycles. The number of cyclic esters (lactones) is 1. The van der Waals surface area contributed by atoms with Crippen LogP contribution in [0.1, 0.15) is 122 Å². The highest BCUT2D eigenvalue weighted by molar-refractivity contribution is 5.96. The fourth-order valence-electron chi connectivity index (χ4n) is 10.4. The van der Waals surface area contributed by atoms with Gasteiger partial charge in [-0.2, -0.15) is 0 Å². The van der Waals surface area contributed by atoms with Crippen LogP contribution in [0.3, 0.4) is 0 Å². The van der Waals surface area contributed by atoms with Crippen LogP contribution >= 0.6 is 0 Å². The van der Waals surface area contributed by atoms with E-state index in [1.54, 1.807) is 124 Å². The molecule has 83 heavy (non-hydrogen) atoms. The first-order chi connectivity index (χ1) is 39.3. The molecule has 0 saturated carbocycles. The van der Waals surface area contributed by atoms with E-state index >= 15 is 0 Å². The number of allylic oxidation sites excluding steroid dienone is 12. The highest BCUT2D eigenvalue weighted by atomic mass is 16.7. The van der Waals surface area contributed by atoms with Crippen molar-refractivity contribution in [3.05, 3.63) is 115 Å². The zero-order chi connectivity index (χ0) is 61.4. The van der Waals surface area contributed by atoms with E-state index < -0.39 is 160 Å². The van der Waals surface area contributed by atoms with Gasteiger partial charge in [0.05, 0.1) is 74.6 Å². The number of ketones is 2. The number of nitrogen functional groups attached to an aromatic ring is 1. The molecule has 0 radical (unpaired) electrons. The van der Waals surface area contributed by atoms with Crippen LogP contribution in [0.4, 0.5) is 5.69 Å². The van der Waals surface area contributed by atoms with Gasteiger partial charge in [-0.15, -0.1) is 0 Å². The first-order valence-electron chi connectivity index (χ1n) is 28.5. The fraction of sp³-hybridized carbons (Fsp3) is 0.597. The third kappa shape index (κ3) is 24.6. The van der Waals surface area contributed by atoms with Crippen LogP contribution in [-0.4, -0.2) is 185 Å². The molecule has 2 bridgehead atoms. The van der Waals surface area contributed by atoms with Crippen LogP contribution in [0.15, 0.2) is 114 Å². The number of esters is 2. The molecule has 2 saturated heterocycles. The first-order valence-corrected chi connectivity index (χ1v) is 28.5. The summed E-state index contributed by atoms with van der Waals surface area (Å²) < 4.78 is 29.3. The Kier molecular flexibility index (Phi) is 29.7. The van der Waals surface area contributed by atoms with Crippen molar-refractivity contribution in [2.24, 2.45) is 22.7 Å². The minimum absolute atomic E-state index is 0.126. The third-order valence-electron chi connectivity index (χ3n) is 14.6. The van der Waals surface area contributed by atoms with Crippen LogP contribution in [-0.2, 0) is 38.1 Å². The summed E-state index contributed by atoms with van der Waals surface area (Å²) in [5, 5.41) is 111. The fourth-order valence-corrected chi connectivity index (χ4v) is 10.4. The zero-order valence-corrected chi connectivity index (χ0v) is 48.4. The van der Waals surface area contributed by atoms with E-state index in [1.807, 2.05) is 19.9 Å². The number of rotatable bonds is 11. The maximum Gasteiger partial charge on any atom is 0.313 e. The van der Waals surface area contributed by atoms with Gasteiger partial charge in [0.25, 0.3) is 0 Å². The predicted molar refractivity (Wildman–Crippen MR) is 309 cm³/mol. The van der Waals surface area contributed by atoms with Gasteiger partial charge in [-0.25, -0.2) is 0 Å². The number of nitrogens with two attached hydrogens (primary N) is 1. The standard InChI is InChI=1S/C62H90N2O19/c1-37(2)64-56-57(75)40(5)80-61(58(56)76)81-50-20-18-16-14-12-10-8-7-9-11-13-15-17-19-38(3)59(39(4)21-26-43(65)32-51(72)41-22-24-42(63)25-23-41)82-54(74)33-48(70)30-46(68)28-44(66)27-45(67)29-47(69)31-49(71)35-62(78)36-52(73)55(60(77)79-6)53(34-50)83-62/h7-20,22-25,38-40,43-45,47-50,52-53,55-59,61,65-67,69-71,73,75-76,78H,21,26-36,63H2,1-6H3. The Morgan fingerprint density at radius 1 is 0.723 bits per heavy atom. The number of ether oxygens (including phenoxy) is 5. The maximum absolute atomic E-state index is 13.3. The summed E-state index contributed by atoms with van der Waals surface area (Å²) in [4.78, 5) is 56.8. The minimum atomic E-state index is -2.29. The molecule has 1 aromatic carbocycles. The number of fused-ring (bicyclic) bond motifs is 2. The largest absolute Gasteiger partial charge is 0.469 e. The molecule has 0 amide bonds. The van der Waals surface area contributed by atoms with E-state index in [2.05, 4.69) is 4.99 Å². The molecule has 4 rings (SSSR count). The van der Waals surface area contributed by atoms with Gasteiger partial charge in [-0.05, 0) is 83.1 Å². The molecule has 462 valence electrons. The van der Waals surface area contributed by atoms with Crippen molar-refractivity contribution in [2.45, 2.75) is 209 Å². The van der Waals surface area contributed by atoms with Gasteiger partial charge < -0.3 is 80.5 Å². The van der Waals surface area contributed by atoms with Gasteiger partial charge >= 0.3 is 11.9 Å². The van der Waals surface area contributed by atoms with E-state index in [-0.39, 0.29) is 49.7 Å². The minimum Gasteiger partial charge on any atom is -0.469 e. The number of Topliss-reactive ketones (excluding diaryl/α,β-unsaturated/α-hetero) is 2. The second-order valence-corrected chi connectivity index (χ2v) is 22.4. The molecule has 19 atom stereocenters. The molecule has 0 aromatic heterocycles. The van der Waals surface area contributed by atoms with E-state index in [1.165, 1.54) is 0 Å². The number of hydrogen-bond acceptors (Lipinski definition) is 21. The molecule has 21 heteroatoms. The SMILES string of the molecule is COC(=O)C1C(O)CC2(O)CC(O)CC(O)CC(O)CC(O)CC(=O)CC(O)CC(=O)OC(C(C)CCC(O)CC(=O)c3ccc(N)cc3)C(C)C=CC=CC=CC=CC=CC=CC=CC(OC3OC(C)C(O)C(N=C(C)C)C3O)CC1O2. The first kappa shape index (κ1) is 70.1. The summed E-state index contributed by atoms with van der Waals surface area (Å²) in [6.45, 7) is 8.70. The summed E-state index contributed by atoms with van der Waals surface area (Å²) >= 11 is 0. The summed E-state index contributed by atoms with van der Waals surface area (Å²) in [6.07, 6.45) is 2.98. The van der Waals surface area contributed by atoms with Crippen molar-refractivity contribution in [3.8, 4) is 0 Å². The molecule has 19 unspecified atom stereocenters. The lowest BCUT2D eigenvalue weighted by atomic mass is 9.82. The number of aliphatic imine (C=N–C) groups is 1. The third-order valence-corrected chi connectivity index (χ3v) is 14.6. The molecular weight excluding hydrogens is 1080 g/mol. The topological polar surface area (TPSA) is 355 Å². The molecule has 3 heterocycles. The summed E-state index contributed by atoms with van der Waals surface area (Å²) in [7, 11) is 1.12. The van der Waals surface area contributed by atoms with Crippen LogP contribution < -0.4 is 5.73 Å². The summed E-state index contributed by atoms with van der Waals surface area (Å²) in [5.41, 5.74) is 7.25. The number of nitrogens with zero attached hydrogens (tertiary/aromatic N) is 1. The molecule has 21 nitrogen and oxygen atoms in total. The Hall–Kier alpha value is -5.37. The lowest BCUT2D eigenvalue weighted by Crippen LogP contribution is -2.58. The van der Waals surface area contributed by atoms with Gasteiger partial charge in [0.15, 0.2) is 17.9 Å². The monoisotopic (exact) mass is 1170 g/mol. The average Bonchev–Trinajstić information content (AvgIpc) is 3.09. The number of anilines is 1. The number of methoxy groups -OCH3 is 1. The van der Waals surface area contributed by atoms with E-state index in [0.29, 0.717) is 23.4 Å². The number of aliphatic hydroxyl groups excluding tert-OH is 9. The summed E-state index contributed by atoms with van der Waals surface area (Å²) in [6, 6.07) is 5.38. The van der Waals surface area contributed by atoms with Crippen molar-refractivity contribution >= 4 is 34.9 Å². The normalized spacial score (nSPS) is 34.3. The summed E-state index contributed by atoms with van der Waals surface area (Å²) in [5.74, 6) is -6.91. The number of hydrogen-bond donors (Lipinski definition) is 11. The molecule has 1 aromatic rings. The smallest absolute Gasteiger partial charge is 0.313 e. The number of aliphatic hydroxyl groups is 10. The van der Waals surface area contributed by atoms with Crippen molar-refractivity contribution in [1.29, 1.82) is 0 Å². The van der Waals surface area contributed by atoms with Gasteiger partial charge in [0.1, 0.15) is 36.1 Å². The van der Waals surface area contributed by atoms with Crippen molar-refractivity contribution in [2.75, 3.05) is 12.8 Å². The average molecular weight is 1170 g/mol. The number of carbonyl (C=O) groups is 4. The van der Waals surface area contributed by atoms with Crippen molar-refractivity contribution < 1.29 is 93.9 Å². The Bertz CT molecular complexity index is 2430. The van der Waals surface area contributed by atoms with E-state index in [9.17, 15) is 70.2 Å². The van der Waals surface area contributed by atoms with Gasteiger partial charge in [-0.1, -0.05) is 98.9 Å². The van der Waals surface area contributed by atoms with Crippen LogP contribution in [0.25, 0.3) is 0 Å². The Morgan fingerprint density at radius 3 is 1.87 bits per heavy atom. The van der Waals surface area contributed by atoms with E-state index in [0.717, 1.165) is 7.11 Å². The van der Waals surface area contributed by atoms with E-state index in [4.69, 9.17) is 29.4 Å².